The van der Waals surface area contributed by atoms with Crippen LogP contribution in [0, 0.1) is 0 Å². The number of nitrogens with zero attached hydrogens (tertiary/aromatic N) is 1. The van der Waals surface area contributed by atoms with Crippen LogP contribution in [0.25, 0.3) is 0 Å². The fourth-order valence-corrected chi connectivity index (χ4v) is 3.15. The van der Waals surface area contributed by atoms with E-state index in [4.69, 9.17) is 0 Å². The van der Waals surface area contributed by atoms with E-state index in [1.165, 1.54) is 42.2 Å². The second kappa shape index (κ2) is 9.51. The first-order valence-corrected chi connectivity index (χ1v) is 8.54. The third kappa shape index (κ3) is 6.55. The van der Waals surface area contributed by atoms with E-state index in [2.05, 4.69) is 50.0 Å². The van der Waals surface area contributed by atoms with Crippen molar-refractivity contribution in [2.75, 3.05) is 19.6 Å². The molecule has 0 radical (unpaired) electrons. The number of thiophene rings is 1. The first kappa shape index (κ1) is 16.7. The van der Waals surface area contributed by atoms with Gasteiger partial charge in [0.25, 0.3) is 0 Å². The Morgan fingerprint density at radius 1 is 1.16 bits per heavy atom. The zero-order chi connectivity index (χ0) is 14.1. The Morgan fingerprint density at radius 2 is 1.84 bits per heavy atom. The average molecular weight is 282 g/mol. The van der Waals surface area contributed by atoms with Crippen LogP contribution in [0.15, 0.2) is 12.1 Å². The summed E-state index contributed by atoms with van der Waals surface area (Å²) in [6.07, 6.45) is 3.72. The Labute approximate surface area is 123 Å². The van der Waals surface area contributed by atoms with E-state index in [9.17, 15) is 0 Å². The normalized spacial score (nSPS) is 13.1. The minimum absolute atomic E-state index is 0.614. The highest BCUT2D eigenvalue weighted by Gasteiger charge is 2.05. The summed E-state index contributed by atoms with van der Waals surface area (Å²) in [5.41, 5.74) is 0. The number of rotatable bonds is 10. The quantitative estimate of drug-likeness (QED) is 0.700. The summed E-state index contributed by atoms with van der Waals surface area (Å²) >= 11 is 1.94. The fourth-order valence-electron chi connectivity index (χ4n) is 2.25. The highest BCUT2D eigenvalue weighted by atomic mass is 32.1. The molecular weight excluding hydrogens is 252 g/mol. The number of hydrogen-bond donors (Lipinski definition) is 1. The molecule has 1 rings (SSSR count). The molecule has 0 aliphatic heterocycles. The van der Waals surface area contributed by atoms with Gasteiger partial charge >= 0.3 is 0 Å². The van der Waals surface area contributed by atoms with E-state index < -0.39 is 0 Å². The van der Waals surface area contributed by atoms with Gasteiger partial charge in [-0.3, -0.25) is 0 Å². The van der Waals surface area contributed by atoms with Gasteiger partial charge in [0, 0.05) is 22.3 Å². The number of aryl methyl sites for hydroxylation is 1. The van der Waals surface area contributed by atoms with Crippen LogP contribution in [-0.2, 0) is 13.0 Å². The summed E-state index contributed by atoms with van der Waals surface area (Å²) in [6, 6.07) is 5.13. The third-order valence-corrected chi connectivity index (χ3v) is 4.93. The summed E-state index contributed by atoms with van der Waals surface area (Å²) in [5.74, 6) is 0. The molecule has 1 unspecified atom stereocenters. The van der Waals surface area contributed by atoms with Crippen LogP contribution in [-0.4, -0.2) is 30.6 Å². The van der Waals surface area contributed by atoms with E-state index in [-0.39, 0.29) is 0 Å². The largest absolute Gasteiger partial charge is 0.309 e. The van der Waals surface area contributed by atoms with Crippen LogP contribution in [0.1, 0.15) is 50.3 Å². The first-order valence-electron chi connectivity index (χ1n) is 7.72. The lowest BCUT2D eigenvalue weighted by molar-refractivity contribution is 0.290. The highest BCUT2D eigenvalue weighted by molar-refractivity contribution is 7.11. The van der Waals surface area contributed by atoms with Gasteiger partial charge in [-0.25, -0.2) is 0 Å². The summed E-state index contributed by atoms with van der Waals surface area (Å²) < 4.78 is 0. The molecule has 110 valence electrons. The second-order valence-electron chi connectivity index (χ2n) is 5.17. The summed E-state index contributed by atoms with van der Waals surface area (Å²) in [5, 5.41) is 3.64. The van der Waals surface area contributed by atoms with Crippen molar-refractivity contribution in [3.8, 4) is 0 Å². The maximum absolute atomic E-state index is 3.64. The highest BCUT2D eigenvalue weighted by Crippen LogP contribution is 2.16. The van der Waals surface area contributed by atoms with Crippen LogP contribution >= 0.6 is 11.3 Å². The van der Waals surface area contributed by atoms with Crippen LogP contribution < -0.4 is 5.32 Å². The fraction of sp³-hybridized carbons (Fsp3) is 0.750. The Kier molecular flexibility index (Phi) is 8.35. The van der Waals surface area contributed by atoms with Gasteiger partial charge < -0.3 is 10.2 Å². The molecule has 0 fully saturated rings. The predicted molar refractivity (Wildman–Crippen MR) is 87.0 cm³/mol. The van der Waals surface area contributed by atoms with Crippen molar-refractivity contribution >= 4 is 11.3 Å². The molecule has 0 aromatic carbocycles. The smallest absolute Gasteiger partial charge is 0.0302 e. The Morgan fingerprint density at radius 3 is 2.42 bits per heavy atom. The van der Waals surface area contributed by atoms with E-state index in [0.717, 1.165) is 13.0 Å². The Hall–Kier alpha value is -0.380. The predicted octanol–water partition coefficient (Wildman–Crippen LogP) is 3.91. The third-order valence-electron chi connectivity index (χ3n) is 3.70. The molecule has 1 atom stereocenters. The van der Waals surface area contributed by atoms with Crippen molar-refractivity contribution in [2.24, 2.45) is 0 Å². The van der Waals surface area contributed by atoms with Crippen LogP contribution in [0.2, 0.25) is 0 Å². The molecule has 19 heavy (non-hydrogen) atoms. The topological polar surface area (TPSA) is 15.3 Å². The lowest BCUT2D eigenvalue weighted by atomic mass is 10.1. The van der Waals surface area contributed by atoms with Crippen molar-refractivity contribution in [3.05, 3.63) is 21.9 Å². The van der Waals surface area contributed by atoms with E-state index in [0.29, 0.717) is 6.04 Å². The van der Waals surface area contributed by atoms with Crippen molar-refractivity contribution in [1.29, 1.82) is 0 Å². The molecule has 0 bridgehead atoms. The summed E-state index contributed by atoms with van der Waals surface area (Å²) in [4.78, 5) is 5.46. The molecule has 0 aliphatic rings. The molecule has 0 saturated carbocycles. The molecular formula is C16H30N2S. The van der Waals surface area contributed by atoms with Gasteiger partial charge in [0.2, 0.25) is 0 Å². The van der Waals surface area contributed by atoms with Gasteiger partial charge in [-0.15, -0.1) is 11.3 Å². The zero-order valence-corrected chi connectivity index (χ0v) is 13.9. The van der Waals surface area contributed by atoms with E-state index in [1.807, 2.05) is 11.3 Å². The Bertz CT molecular complexity index is 331. The van der Waals surface area contributed by atoms with Gasteiger partial charge in [0.15, 0.2) is 0 Å². The summed E-state index contributed by atoms with van der Waals surface area (Å²) in [7, 11) is 0. The molecule has 0 amide bonds. The molecule has 0 spiro atoms. The molecule has 1 aromatic rings. The molecule has 1 aromatic heterocycles. The monoisotopic (exact) mass is 282 g/mol. The van der Waals surface area contributed by atoms with Crippen LogP contribution in [0.3, 0.4) is 0 Å². The second-order valence-corrected chi connectivity index (χ2v) is 6.43. The minimum Gasteiger partial charge on any atom is -0.309 e. The van der Waals surface area contributed by atoms with Gasteiger partial charge in [-0.1, -0.05) is 20.8 Å². The zero-order valence-electron chi connectivity index (χ0n) is 13.0. The van der Waals surface area contributed by atoms with E-state index >= 15 is 0 Å². The van der Waals surface area contributed by atoms with Gasteiger partial charge in [-0.2, -0.15) is 0 Å². The SMILES string of the molecule is CCc1ccc(CNC(C)CCCN(CC)CC)s1. The molecule has 1 N–H and O–H groups in total. The molecule has 2 nitrogen and oxygen atoms in total. The van der Waals surface area contributed by atoms with Gasteiger partial charge in [0.05, 0.1) is 0 Å². The van der Waals surface area contributed by atoms with Crippen molar-refractivity contribution < 1.29 is 0 Å². The van der Waals surface area contributed by atoms with Gasteiger partial charge in [-0.05, 0) is 58.0 Å². The van der Waals surface area contributed by atoms with Crippen LogP contribution in [0.4, 0.5) is 0 Å². The van der Waals surface area contributed by atoms with E-state index in [1.54, 1.807) is 0 Å². The van der Waals surface area contributed by atoms with Crippen molar-refractivity contribution in [1.82, 2.24) is 10.2 Å². The van der Waals surface area contributed by atoms with Gasteiger partial charge in [0.1, 0.15) is 0 Å². The molecule has 0 aliphatic carbocycles. The average Bonchev–Trinajstić information content (AvgIpc) is 2.89. The maximum Gasteiger partial charge on any atom is 0.0302 e. The molecule has 1 heterocycles. The minimum atomic E-state index is 0.614. The standard InChI is InChI=1S/C16H30N2S/c1-5-15-10-11-16(19-15)13-17-14(4)9-8-12-18(6-2)7-3/h10-11,14,17H,5-9,12-13H2,1-4H3. The Balaban J connectivity index is 2.15. The number of hydrogen-bond acceptors (Lipinski definition) is 3. The van der Waals surface area contributed by atoms with Crippen LogP contribution in [0.5, 0.6) is 0 Å². The molecule has 3 heteroatoms. The lowest BCUT2D eigenvalue weighted by Crippen LogP contribution is -2.28. The lowest BCUT2D eigenvalue weighted by Gasteiger charge is -2.19. The first-order chi connectivity index (χ1) is 9.19. The number of nitrogens with one attached hydrogen (secondary N) is 1. The summed E-state index contributed by atoms with van der Waals surface area (Å²) in [6.45, 7) is 13.6. The molecule has 0 saturated heterocycles. The maximum atomic E-state index is 3.64. The van der Waals surface area contributed by atoms with Crippen molar-refractivity contribution in [3.63, 3.8) is 0 Å². The van der Waals surface area contributed by atoms with Crippen molar-refractivity contribution in [2.45, 2.75) is 59.5 Å².